The lowest BCUT2D eigenvalue weighted by molar-refractivity contribution is -0.136. The second-order valence-electron chi connectivity index (χ2n) is 5.77. The van der Waals surface area contributed by atoms with E-state index in [-0.39, 0.29) is 23.3 Å². The van der Waals surface area contributed by atoms with Crippen LogP contribution in [0.1, 0.15) is 35.2 Å². The van der Waals surface area contributed by atoms with E-state index in [1.165, 1.54) is 15.7 Å². The van der Waals surface area contributed by atoms with Crippen LogP contribution in [-0.4, -0.2) is 25.4 Å². The third-order valence-corrected chi connectivity index (χ3v) is 5.43. The van der Waals surface area contributed by atoms with Crippen LogP contribution in [0.25, 0.3) is 4.96 Å². The summed E-state index contributed by atoms with van der Waals surface area (Å²) in [5.41, 5.74) is 1.71. The van der Waals surface area contributed by atoms with Gasteiger partial charge in [0.1, 0.15) is 5.02 Å². The standard InChI is InChI=1S/C16H12ClN3O3S/c17-13-14(11-5-10(11)8-2-1-3-18-6-8)19-16-20(15(13)23)9(7-24-16)4-12(21)22/h1-3,6-7,10-11H,4-5H2,(H,21,22)/t10-,11+/m0/s1. The summed E-state index contributed by atoms with van der Waals surface area (Å²) in [7, 11) is 0. The van der Waals surface area contributed by atoms with Crippen LogP contribution in [0.4, 0.5) is 0 Å². The Labute approximate surface area is 145 Å². The van der Waals surface area contributed by atoms with Gasteiger partial charge in [0.25, 0.3) is 5.56 Å². The predicted octanol–water partition coefficient (Wildman–Crippen LogP) is 2.70. The number of hydrogen-bond acceptors (Lipinski definition) is 5. The highest BCUT2D eigenvalue weighted by molar-refractivity contribution is 7.15. The first-order valence-corrected chi connectivity index (χ1v) is 8.62. The van der Waals surface area contributed by atoms with Crippen molar-refractivity contribution < 1.29 is 9.90 Å². The van der Waals surface area contributed by atoms with E-state index in [0.29, 0.717) is 16.3 Å². The zero-order chi connectivity index (χ0) is 16.8. The second-order valence-corrected chi connectivity index (χ2v) is 6.98. The summed E-state index contributed by atoms with van der Waals surface area (Å²) >= 11 is 7.52. The Kier molecular flexibility index (Phi) is 3.62. The third-order valence-electron chi connectivity index (χ3n) is 4.20. The van der Waals surface area contributed by atoms with E-state index in [1.807, 2.05) is 18.3 Å². The fraction of sp³-hybridized carbons (Fsp3) is 0.250. The van der Waals surface area contributed by atoms with E-state index in [1.54, 1.807) is 11.6 Å². The first-order valence-electron chi connectivity index (χ1n) is 7.36. The van der Waals surface area contributed by atoms with Crippen molar-refractivity contribution in [2.45, 2.75) is 24.7 Å². The number of carboxylic acids is 1. The number of fused-ring (bicyclic) bond motifs is 1. The molecule has 0 spiro atoms. The second kappa shape index (κ2) is 5.68. The Bertz CT molecular complexity index is 999. The summed E-state index contributed by atoms with van der Waals surface area (Å²) in [6.07, 6.45) is 4.18. The molecule has 122 valence electrons. The molecule has 0 unspecified atom stereocenters. The van der Waals surface area contributed by atoms with Crippen molar-refractivity contribution in [2.75, 3.05) is 0 Å². The van der Waals surface area contributed by atoms with E-state index >= 15 is 0 Å². The lowest BCUT2D eigenvalue weighted by Gasteiger charge is -2.05. The SMILES string of the molecule is O=C(O)Cc1csc2nc([C@@H]3C[C@H]3c3cccnc3)c(Cl)c(=O)n12. The molecule has 0 saturated heterocycles. The van der Waals surface area contributed by atoms with Crippen molar-refractivity contribution in [2.24, 2.45) is 0 Å². The van der Waals surface area contributed by atoms with Crippen LogP contribution in [0.2, 0.25) is 5.02 Å². The predicted molar refractivity (Wildman–Crippen MR) is 90.0 cm³/mol. The molecule has 1 aliphatic carbocycles. The number of rotatable bonds is 4. The number of pyridine rings is 1. The van der Waals surface area contributed by atoms with Crippen LogP contribution >= 0.6 is 22.9 Å². The van der Waals surface area contributed by atoms with Gasteiger partial charge >= 0.3 is 5.97 Å². The molecule has 0 aliphatic heterocycles. The quantitative estimate of drug-likeness (QED) is 0.772. The average Bonchev–Trinajstić information content (AvgIpc) is 3.27. The van der Waals surface area contributed by atoms with E-state index in [4.69, 9.17) is 16.7 Å². The first kappa shape index (κ1) is 15.3. The fourth-order valence-corrected chi connectivity index (χ4v) is 4.14. The summed E-state index contributed by atoms with van der Waals surface area (Å²) in [6, 6.07) is 3.89. The molecular formula is C16H12ClN3O3S. The number of aliphatic carboxylic acids is 1. The Morgan fingerprint density at radius 2 is 2.29 bits per heavy atom. The Morgan fingerprint density at radius 3 is 3.00 bits per heavy atom. The van der Waals surface area contributed by atoms with Gasteiger partial charge in [-0.15, -0.1) is 11.3 Å². The number of hydrogen-bond donors (Lipinski definition) is 1. The topological polar surface area (TPSA) is 84.6 Å². The summed E-state index contributed by atoms with van der Waals surface area (Å²) in [4.78, 5) is 32.6. The van der Waals surface area contributed by atoms with E-state index in [0.717, 1.165) is 12.0 Å². The zero-order valence-electron chi connectivity index (χ0n) is 12.3. The van der Waals surface area contributed by atoms with Crippen molar-refractivity contribution in [3.05, 3.63) is 62.2 Å². The van der Waals surface area contributed by atoms with Gasteiger partial charge in [0.05, 0.1) is 12.1 Å². The van der Waals surface area contributed by atoms with Gasteiger partial charge in [-0.2, -0.15) is 0 Å². The maximum atomic E-state index is 12.6. The van der Waals surface area contributed by atoms with Crippen molar-refractivity contribution in [1.82, 2.24) is 14.4 Å². The Balaban J connectivity index is 1.75. The van der Waals surface area contributed by atoms with E-state index in [2.05, 4.69) is 9.97 Å². The van der Waals surface area contributed by atoms with Crippen molar-refractivity contribution >= 4 is 33.9 Å². The summed E-state index contributed by atoms with van der Waals surface area (Å²) in [6.45, 7) is 0. The molecule has 1 aliphatic rings. The summed E-state index contributed by atoms with van der Waals surface area (Å²) in [5.74, 6) is -0.631. The molecule has 3 aromatic rings. The summed E-state index contributed by atoms with van der Waals surface area (Å²) in [5, 5.41) is 10.7. The highest BCUT2D eigenvalue weighted by Crippen LogP contribution is 2.55. The number of carbonyl (C=O) groups is 1. The van der Waals surface area contributed by atoms with E-state index in [9.17, 15) is 9.59 Å². The van der Waals surface area contributed by atoms with Gasteiger partial charge in [0.15, 0.2) is 4.96 Å². The van der Waals surface area contributed by atoms with E-state index < -0.39 is 11.5 Å². The highest BCUT2D eigenvalue weighted by Gasteiger charge is 2.42. The molecule has 2 atom stereocenters. The van der Waals surface area contributed by atoms with Gasteiger partial charge in [0.2, 0.25) is 0 Å². The molecule has 8 heteroatoms. The van der Waals surface area contributed by atoms with Gasteiger partial charge in [0, 0.05) is 29.4 Å². The minimum Gasteiger partial charge on any atom is -0.481 e. The number of thiazole rings is 1. The largest absolute Gasteiger partial charge is 0.481 e. The van der Waals surface area contributed by atoms with Crippen LogP contribution in [-0.2, 0) is 11.2 Å². The molecule has 6 nitrogen and oxygen atoms in total. The number of aromatic nitrogens is 3. The summed E-state index contributed by atoms with van der Waals surface area (Å²) < 4.78 is 1.30. The van der Waals surface area contributed by atoms with Crippen LogP contribution in [0.5, 0.6) is 0 Å². The Hall–Kier alpha value is -2.25. The highest BCUT2D eigenvalue weighted by atomic mass is 35.5. The molecule has 0 amide bonds. The van der Waals surface area contributed by atoms with Crippen LogP contribution in [0, 0.1) is 0 Å². The number of nitrogens with zero attached hydrogens (tertiary/aromatic N) is 3. The van der Waals surface area contributed by atoms with Gasteiger partial charge in [-0.1, -0.05) is 17.7 Å². The Morgan fingerprint density at radius 1 is 1.46 bits per heavy atom. The molecular weight excluding hydrogens is 350 g/mol. The lowest BCUT2D eigenvalue weighted by atomic mass is 10.1. The third kappa shape index (κ3) is 2.50. The van der Waals surface area contributed by atoms with Gasteiger partial charge in [-0.25, -0.2) is 4.98 Å². The first-order chi connectivity index (χ1) is 11.6. The fourth-order valence-electron chi connectivity index (χ4n) is 2.98. The molecule has 4 rings (SSSR count). The normalized spacial score (nSPS) is 19.5. The van der Waals surface area contributed by atoms with Gasteiger partial charge < -0.3 is 5.11 Å². The van der Waals surface area contributed by atoms with Crippen LogP contribution < -0.4 is 5.56 Å². The molecule has 0 bridgehead atoms. The van der Waals surface area contributed by atoms with Gasteiger partial charge in [-0.05, 0) is 24.0 Å². The minimum atomic E-state index is -0.999. The molecule has 24 heavy (non-hydrogen) atoms. The van der Waals surface area contributed by atoms with Crippen molar-refractivity contribution in [3.63, 3.8) is 0 Å². The van der Waals surface area contributed by atoms with Crippen LogP contribution in [0.3, 0.4) is 0 Å². The van der Waals surface area contributed by atoms with Crippen LogP contribution in [0.15, 0.2) is 34.7 Å². The molecule has 1 N–H and O–H groups in total. The maximum absolute atomic E-state index is 12.6. The average molecular weight is 362 g/mol. The minimum absolute atomic E-state index is 0.0777. The molecule has 1 fully saturated rings. The van der Waals surface area contributed by atoms with Crippen molar-refractivity contribution in [3.8, 4) is 0 Å². The number of carboxylic acid groups (broad SMARTS) is 1. The maximum Gasteiger partial charge on any atom is 0.309 e. The zero-order valence-corrected chi connectivity index (χ0v) is 13.9. The molecule has 0 radical (unpaired) electrons. The molecule has 1 saturated carbocycles. The lowest BCUT2D eigenvalue weighted by Crippen LogP contribution is -2.19. The smallest absolute Gasteiger partial charge is 0.309 e. The number of halogens is 1. The molecule has 0 aromatic carbocycles. The van der Waals surface area contributed by atoms with Gasteiger partial charge in [-0.3, -0.25) is 19.0 Å². The molecule has 3 aromatic heterocycles. The van der Waals surface area contributed by atoms with Crippen molar-refractivity contribution in [1.29, 1.82) is 0 Å². The molecule has 3 heterocycles. The monoisotopic (exact) mass is 361 g/mol.